The van der Waals surface area contributed by atoms with Crippen molar-refractivity contribution in [2.75, 3.05) is 13.2 Å². The van der Waals surface area contributed by atoms with Gasteiger partial charge in [0, 0.05) is 0 Å². The normalized spacial score (nSPS) is 10.4. The zero-order chi connectivity index (χ0) is 10.6. The van der Waals surface area contributed by atoms with Gasteiger partial charge in [-0.3, -0.25) is 0 Å². The molecule has 0 unspecified atom stereocenters. The van der Waals surface area contributed by atoms with Crippen molar-refractivity contribution in [1.82, 2.24) is 0 Å². The number of esters is 1. The van der Waals surface area contributed by atoms with Gasteiger partial charge in [-0.05, 0) is 12.8 Å². The van der Waals surface area contributed by atoms with Crippen molar-refractivity contribution in [3.8, 4) is 0 Å². The molecule has 3 nitrogen and oxygen atoms in total. The summed E-state index contributed by atoms with van der Waals surface area (Å²) in [5.74, 6) is -0.324. The summed E-state index contributed by atoms with van der Waals surface area (Å²) in [6, 6.07) is 0. The molecule has 0 radical (unpaired) electrons. The third-order valence-corrected chi connectivity index (χ3v) is 1.66. The molecule has 0 N–H and O–H groups in total. The Hall–Kier alpha value is -0.990. The molecule has 0 heterocycles. The van der Waals surface area contributed by atoms with Gasteiger partial charge >= 0.3 is 5.97 Å². The molecule has 0 bridgehead atoms. The summed E-state index contributed by atoms with van der Waals surface area (Å²) in [6.07, 6.45) is 6.78. The first-order valence-electron chi connectivity index (χ1n) is 5.26. The van der Waals surface area contributed by atoms with Gasteiger partial charge in [-0.2, -0.15) is 0 Å². The average molecular weight is 200 g/mol. The highest BCUT2D eigenvalue weighted by molar-refractivity contribution is 5.81. The van der Waals surface area contributed by atoms with Crippen LogP contribution in [0.1, 0.15) is 39.5 Å². The molecule has 0 fully saturated rings. The lowest BCUT2D eigenvalue weighted by Gasteiger charge is -2.00. The Morgan fingerprint density at radius 1 is 1.14 bits per heavy atom. The molecule has 0 rings (SSSR count). The van der Waals surface area contributed by atoms with Gasteiger partial charge in [-0.25, -0.2) is 4.79 Å². The van der Waals surface area contributed by atoms with E-state index in [4.69, 9.17) is 9.47 Å². The predicted octanol–water partition coefficient (Wildman–Crippen LogP) is 2.66. The summed E-state index contributed by atoms with van der Waals surface area (Å²) in [5.41, 5.74) is 0. The maximum absolute atomic E-state index is 11.0. The van der Waals surface area contributed by atoms with Gasteiger partial charge in [0.1, 0.15) is 0 Å². The third-order valence-electron chi connectivity index (χ3n) is 1.66. The maximum atomic E-state index is 11.0. The second-order valence-electron chi connectivity index (χ2n) is 3.05. The minimum Gasteiger partial charge on any atom is -0.501 e. The Morgan fingerprint density at radius 3 is 2.43 bits per heavy atom. The topological polar surface area (TPSA) is 35.5 Å². The zero-order valence-electron chi connectivity index (χ0n) is 9.12. The minimum absolute atomic E-state index is 0.324. The molecule has 0 spiro atoms. The summed E-state index contributed by atoms with van der Waals surface area (Å²) in [5, 5.41) is 0. The van der Waals surface area contributed by atoms with E-state index in [9.17, 15) is 4.79 Å². The van der Waals surface area contributed by atoms with E-state index >= 15 is 0 Å². The fraction of sp³-hybridized carbons (Fsp3) is 0.727. The first-order chi connectivity index (χ1) is 6.81. The van der Waals surface area contributed by atoms with Crippen molar-refractivity contribution < 1.29 is 14.3 Å². The highest BCUT2D eigenvalue weighted by atomic mass is 16.5. The lowest BCUT2D eigenvalue weighted by atomic mass is 10.4. The number of ether oxygens (including phenoxy) is 2. The predicted molar refractivity (Wildman–Crippen MR) is 55.9 cm³/mol. The SMILES string of the molecule is CCCCO/C=C/C(=O)OCCCC. The van der Waals surface area contributed by atoms with Gasteiger partial charge in [0.05, 0.1) is 25.6 Å². The lowest BCUT2D eigenvalue weighted by Crippen LogP contribution is -2.02. The third kappa shape index (κ3) is 9.10. The largest absolute Gasteiger partial charge is 0.501 e. The van der Waals surface area contributed by atoms with Crippen LogP contribution in [0, 0.1) is 0 Å². The van der Waals surface area contributed by atoms with Crippen LogP contribution in [0.15, 0.2) is 12.3 Å². The minimum atomic E-state index is -0.324. The molecule has 14 heavy (non-hydrogen) atoms. The van der Waals surface area contributed by atoms with Crippen molar-refractivity contribution in [1.29, 1.82) is 0 Å². The van der Waals surface area contributed by atoms with E-state index in [1.54, 1.807) is 0 Å². The quantitative estimate of drug-likeness (QED) is 0.261. The van der Waals surface area contributed by atoms with Crippen molar-refractivity contribution >= 4 is 5.97 Å². The number of carbonyl (C=O) groups excluding carboxylic acids is 1. The van der Waals surface area contributed by atoms with Gasteiger partial charge in [-0.15, -0.1) is 0 Å². The van der Waals surface area contributed by atoms with Gasteiger partial charge in [0.15, 0.2) is 0 Å². The number of unbranched alkanes of at least 4 members (excludes halogenated alkanes) is 2. The van der Waals surface area contributed by atoms with E-state index in [0.717, 1.165) is 25.7 Å². The smallest absolute Gasteiger partial charge is 0.333 e. The monoisotopic (exact) mass is 200 g/mol. The van der Waals surface area contributed by atoms with Gasteiger partial charge in [0.2, 0.25) is 0 Å². The first kappa shape index (κ1) is 13.0. The van der Waals surface area contributed by atoms with Gasteiger partial charge in [0.25, 0.3) is 0 Å². The van der Waals surface area contributed by atoms with Crippen LogP contribution in [-0.2, 0) is 14.3 Å². The molecule has 0 saturated carbocycles. The Bertz CT molecular complexity index is 164. The number of hydrogen-bond acceptors (Lipinski definition) is 3. The molecular formula is C11H20O3. The van der Waals surface area contributed by atoms with Crippen LogP contribution in [0.3, 0.4) is 0 Å². The Balaban J connectivity index is 3.32. The van der Waals surface area contributed by atoms with E-state index in [-0.39, 0.29) is 5.97 Å². The van der Waals surface area contributed by atoms with E-state index < -0.39 is 0 Å². The summed E-state index contributed by atoms with van der Waals surface area (Å²) in [4.78, 5) is 11.0. The second-order valence-corrected chi connectivity index (χ2v) is 3.05. The molecule has 0 aromatic heterocycles. The highest BCUT2D eigenvalue weighted by Crippen LogP contribution is 1.91. The highest BCUT2D eigenvalue weighted by Gasteiger charge is 1.94. The molecule has 0 aromatic carbocycles. The Kier molecular flexibility index (Phi) is 9.38. The number of hydrogen-bond donors (Lipinski definition) is 0. The van der Waals surface area contributed by atoms with Crippen molar-refractivity contribution in [2.24, 2.45) is 0 Å². The average Bonchev–Trinajstić information content (AvgIpc) is 2.18. The lowest BCUT2D eigenvalue weighted by molar-refractivity contribution is -0.138. The summed E-state index contributed by atoms with van der Waals surface area (Å²) >= 11 is 0. The zero-order valence-corrected chi connectivity index (χ0v) is 9.12. The molecule has 82 valence electrons. The molecule has 0 aromatic rings. The van der Waals surface area contributed by atoms with Crippen LogP contribution >= 0.6 is 0 Å². The standard InChI is InChI=1S/C11H20O3/c1-3-5-8-13-10-7-11(12)14-9-6-4-2/h7,10H,3-6,8-9H2,1-2H3/b10-7+. The van der Waals surface area contributed by atoms with Crippen LogP contribution in [0.4, 0.5) is 0 Å². The Labute approximate surface area is 86.1 Å². The number of rotatable bonds is 8. The van der Waals surface area contributed by atoms with E-state index in [1.807, 2.05) is 0 Å². The molecule has 0 amide bonds. The maximum Gasteiger partial charge on any atom is 0.333 e. The summed E-state index contributed by atoms with van der Waals surface area (Å²) in [7, 11) is 0. The molecule has 0 atom stereocenters. The van der Waals surface area contributed by atoms with Crippen molar-refractivity contribution in [2.45, 2.75) is 39.5 Å². The van der Waals surface area contributed by atoms with Gasteiger partial charge in [-0.1, -0.05) is 26.7 Å². The first-order valence-corrected chi connectivity index (χ1v) is 5.26. The molecule has 0 saturated heterocycles. The molecular weight excluding hydrogens is 180 g/mol. The van der Waals surface area contributed by atoms with Gasteiger partial charge < -0.3 is 9.47 Å². The van der Waals surface area contributed by atoms with Crippen LogP contribution in [0.25, 0.3) is 0 Å². The Morgan fingerprint density at radius 2 is 1.79 bits per heavy atom. The fourth-order valence-electron chi connectivity index (χ4n) is 0.765. The summed E-state index contributed by atoms with van der Waals surface area (Å²) in [6.45, 7) is 5.30. The molecule has 0 aliphatic heterocycles. The van der Waals surface area contributed by atoms with Crippen molar-refractivity contribution in [3.05, 3.63) is 12.3 Å². The van der Waals surface area contributed by atoms with Crippen LogP contribution < -0.4 is 0 Å². The van der Waals surface area contributed by atoms with Crippen LogP contribution in [0.5, 0.6) is 0 Å². The summed E-state index contributed by atoms with van der Waals surface area (Å²) < 4.78 is 9.95. The van der Waals surface area contributed by atoms with E-state index in [1.165, 1.54) is 12.3 Å². The van der Waals surface area contributed by atoms with E-state index in [0.29, 0.717) is 13.2 Å². The second kappa shape index (κ2) is 10.1. The fourth-order valence-corrected chi connectivity index (χ4v) is 0.765. The van der Waals surface area contributed by atoms with Crippen LogP contribution in [-0.4, -0.2) is 19.2 Å². The molecule has 0 aliphatic rings. The van der Waals surface area contributed by atoms with Crippen molar-refractivity contribution in [3.63, 3.8) is 0 Å². The van der Waals surface area contributed by atoms with Crippen LogP contribution in [0.2, 0.25) is 0 Å². The number of carbonyl (C=O) groups is 1. The molecule has 3 heteroatoms. The molecule has 0 aliphatic carbocycles. The van der Waals surface area contributed by atoms with E-state index in [2.05, 4.69) is 13.8 Å².